The Hall–Kier alpha value is -2.80. The molecule has 0 aromatic heterocycles. The highest BCUT2D eigenvalue weighted by atomic mass is 16.5. The van der Waals surface area contributed by atoms with Crippen LogP contribution in [0.4, 0.5) is 0 Å². The van der Waals surface area contributed by atoms with Gasteiger partial charge in [0.1, 0.15) is 12.4 Å². The zero-order valence-corrected chi connectivity index (χ0v) is 17.0. The third kappa shape index (κ3) is 2.77. The third-order valence-electron chi connectivity index (χ3n) is 6.06. The van der Waals surface area contributed by atoms with Gasteiger partial charge in [-0.05, 0) is 79.9 Å². The van der Waals surface area contributed by atoms with E-state index in [0.717, 1.165) is 5.75 Å². The van der Waals surface area contributed by atoms with Crippen LogP contribution in [-0.2, 0) is 6.61 Å². The Labute approximate surface area is 167 Å². The van der Waals surface area contributed by atoms with Gasteiger partial charge < -0.3 is 4.74 Å². The van der Waals surface area contributed by atoms with E-state index < -0.39 is 0 Å². The van der Waals surface area contributed by atoms with Crippen molar-refractivity contribution in [3.8, 4) is 16.9 Å². The lowest BCUT2D eigenvalue weighted by molar-refractivity contribution is 0.303. The first-order valence-corrected chi connectivity index (χ1v) is 10.3. The Morgan fingerprint density at radius 3 is 1.79 bits per heavy atom. The summed E-state index contributed by atoms with van der Waals surface area (Å²) in [6.45, 7) is 9.60. The Kier molecular flexibility index (Phi) is 3.94. The molecule has 0 atom stereocenters. The molecule has 4 aromatic carbocycles. The Morgan fingerprint density at radius 1 is 0.607 bits per heavy atom. The Bertz CT molecular complexity index is 1120. The zero-order valence-electron chi connectivity index (χ0n) is 17.0. The summed E-state index contributed by atoms with van der Waals surface area (Å²) >= 11 is 0. The molecule has 1 heterocycles. The molecule has 0 amide bonds. The van der Waals surface area contributed by atoms with E-state index in [1.54, 1.807) is 0 Å². The normalized spacial score (nSPS) is 13.1. The average molecular weight is 367 g/mol. The summed E-state index contributed by atoms with van der Waals surface area (Å²) in [6, 6.07) is 22.8. The molecule has 1 nitrogen and oxygen atoms in total. The highest BCUT2D eigenvalue weighted by molar-refractivity contribution is 5.96. The van der Waals surface area contributed by atoms with Gasteiger partial charge in [-0.2, -0.15) is 0 Å². The number of ether oxygens (including phenoxy) is 1. The minimum atomic E-state index is 0.532. The molecule has 0 N–H and O–H groups in total. The summed E-state index contributed by atoms with van der Waals surface area (Å²) in [5.41, 5.74) is 6.55. The van der Waals surface area contributed by atoms with E-state index in [1.165, 1.54) is 49.4 Å². The van der Waals surface area contributed by atoms with Crippen LogP contribution < -0.4 is 4.74 Å². The van der Waals surface area contributed by atoms with Crippen LogP contribution in [0.25, 0.3) is 32.7 Å². The molecular weight excluding hydrogens is 340 g/mol. The molecular formula is C27H26O. The van der Waals surface area contributed by atoms with Crippen molar-refractivity contribution in [2.45, 2.75) is 46.1 Å². The lowest BCUT2D eigenvalue weighted by Crippen LogP contribution is -2.05. The number of rotatable bonds is 2. The fourth-order valence-corrected chi connectivity index (χ4v) is 4.23. The molecule has 4 aromatic rings. The van der Waals surface area contributed by atoms with Crippen molar-refractivity contribution in [1.29, 1.82) is 0 Å². The maximum Gasteiger partial charge on any atom is 0.128 e. The first kappa shape index (κ1) is 17.3. The SMILES string of the molecule is CC(C)c1ccc2cc3c(cc2c1)COc1cc2cc(C(C)C)ccc2cc1-3. The lowest BCUT2D eigenvalue weighted by atomic mass is 9.90. The van der Waals surface area contributed by atoms with Crippen LogP contribution in [0.1, 0.15) is 56.2 Å². The molecule has 0 saturated carbocycles. The van der Waals surface area contributed by atoms with Gasteiger partial charge in [-0.3, -0.25) is 0 Å². The topological polar surface area (TPSA) is 9.23 Å². The highest BCUT2D eigenvalue weighted by Gasteiger charge is 2.19. The van der Waals surface area contributed by atoms with Crippen LogP contribution in [0, 0.1) is 0 Å². The fourth-order valence-electron chi connectivity index (χ4n) is 4.23. The summed E-state index contributed by atoms with van der Waals surface area (Å²) in [5, 5.41) is 5.14. The van der Waals surface area contributed by atoms with Crippen LogP contribution in [-0.4, -0.2) is 0 Å². The van der Waals surface area contributed by atoms with Crippen LogP contribution in [0.15, 0.2) is 60.7 Å². The van der Waals surface area contributed by atoms with Crippen molar-refractivity contribution in [1.82, 2.24) is 0 Å². The smallest absolute Gasteiger partial charge is 0.128 e. The van der Waals surface area contributed by atoms with E-state index >= 15 is 0 Å². The van der Waals surface area contributed by atoms with Gasteiger partial charge in [-0.25, -0.2) is 0 Å². The summed E-state index contributed by atoms with van der Waals surface area (Å²) in [7, 11) is 0. The first-order chi connectivity index (χ1) is 13.5. The second-order valence-electron chi connectivity index (χ2n) is 8.67. The number of fused-ring (bicyclic) bond motifs is 5. The van der Waals surface area contributed by atoms with E-state index in [0.29, 0.717) is 18.4 Å². The van der Waals surface area contributed by atoms with E-state index in [9.17, 15) is 0 Å². The molecule has 140 valence electrons. The van der Waals surface area contributed by atoms with Crippen molar-refractivity contribution in [3.63, 3.8) is 0 Å². The fraction of sp³-hybridized carbons (Fsp3) is 0.259. The number of hydrogen-bond acceptors (Lipinski definition) is 1. The van der Waals surface area contributed by atoms with Gasteiger partial charge in [-0.15, -0.1) is 0 Å². The summed E-state index contributed by atoms with van der Waals surface area (Å²) in [4.78, 5) is 0. The maximum atomic E-state index is 6.18. The lowest BCUT2D eigenvalue weighted by Gasteiger charge is -2.23. The van der Waals surface area contributed by atoms with Crippen molar-refractivity contribution < 1.29 is 4.74 Å². The summed E-state index contributed by atoms with van der Waals surface area (Å²) in [5.74, 6) is 2.07. The first-order valence-electron chi connectivity index (χ1n) is 10.3. The number of hydrogen-bond donors (Lipinski definition) is 0. The number of benzene rings is 4. The third-order valence-corrected chi connectivity index (χ3v) is 6.06. The second kappa shape index (κ2) is 6.38. The predicted molar refractivity (Wildman–Crippen MR) is 119 cm³/mol. The van der Waals surface area contributed by atoms with Gasteiger partial charge in [0, 0.05) is 5.56 Å². The molecule has 28 heavy (non-hydrogen) atoms. The van der Waals surface area contributed by atoms with Crippen LogP contribution in [0.5, 0.6) is 5.75 Å². The molecule has 0 bridgehead atoms. The molecule has 1 heteroatoms. The molecule has 0 fully saturated rings. The van der Waals surface area contributed by atoms with Gasteiger partial charge in [0.25, 0.3) is 0 Å². The van der Waals surface area contributed by atoms with Gasteiger partial charge in [0.05, 0.1) is 0 Å². The molecule has 0 aliphatic carbocycles. The van der Waals surface area contributed by atoms with Gasteiger partial charge >= 0.3 is 0 Å². The molecule has 1 aliphatic rings. The van der Waals surface area contributed by atoms with Gasteiger partial charge in [0.2, 0.25) is 0 Å². The predicted octanol–water partition coefficient (Wildman–Crippen LogP) is 7.80. The minimum absolute atomic E-state index is 0.532. The molecule has 0 radical (unpaired) electrons. The summed E-state index contributed by atoms with van der Waals surface area (Å²) in [6.07, 6.45) is 0. The second-order valence-corrected chi connectivity index (χ2v) is 8.67. The van der Waals surface area contributed by atoms with Crippen LogP contribution in [0.3, 0.4) is 0 Å². The van der Waals surface area contributed by atoms with Gasteiger partial charge in [-0.1, -0.05) is 64.1 Å². The monoisotopic (exact) mass is 366 g/mol. The van der Waals surface area contributed by atoms with Crippen molar-refractivity contribution in [2.24, 2.45) is 0 Å². The molecule has 1 aliphatic heterocycles. The van der Waals surface area contributed by atoms with E-state index in [2.05, 4.69) is 88.4 Å². The highest BCUT2D eigenvalue weighted by Crippen LogP contribution is 2.42. The molecule has 0 saturated heterocycles. The van der Waals surface area contributed by atoms with Gasteiger partial charge in [0.15, 0.2) is 0 Å². The minimum Gasteiger partial charge on any atom is -0.488 e. The quantitative estimate of drug-likeness (QED) is 0.351. The van der Waals surface area contributed by atoms with E-state index in [4.69, 9.17) is 4.74 Å². The van der Waals surface area contributed by atoms with Crippen molar-refractivity contribution in [2.75, 3.05) is 0 Å². The van der Waals surface area contributed by atoms with Crippen LogP contribution in [0.2, 0.25) is 0 Å². The summed E-state index contributed by atoms with van der Waals surface area (Å²) < 4.78 is 6.18. The van der Waals surface area contributed by atoms with Crippen LogP contribution >= 0.6 is 0 Å². The standard InChI is InChI=1S/C27H26O/c1-16(2)18-5-7-20-12-25-24(11-22(20)9-18)15-28-27-14-23-10-19(17(3)4)6-8-21(23)13-26(25)27/h5-14,16-17H,15H2,1-4H3. The Balaban J connectivity index is 1.68. The zero-order chi connectivity index (χ0) is 19.4. The molecule has 0 spiro atoms. The maximum absolute atomic E-state index is 6.18. The van der Waals surface area contributed by atoms with E-state index in [1.807, 2.05) is 0 Å². The van der Waals surface area contributed by atoms with Crippen molar-refractivity contribution in [3.05, 3.63) is 77.4 Å². The molecule has 5 rings (SSSR count). The largest absolute Gasteiger partial charge is 0.488 e. The molecule has 0 unspecified atom stereocenters. The Morgan fingerprint density at radius 2 is 1.18 bits per heavy atom. The van der Waals surface area contributed by atoms with E-state index in [-0.39, 0.29) is 0 Å². The van der Waals surface area contributed by atoms with Crippen molar-refractivity contribution >= 4 is 21.5 Å². The average Bonchev–Trinajstić information content (AvgIpc) is 2.69.